The highest BCUT2D eigenvalue weighted by molar-refractivity contribution is 6.04. The molecule has 23 heavy (non-hydrogen) atoms. The van der Waals surface area contributed by atoms with Gasteiger partial charge < -0.3 is 9.64 Å². The van der Waals surface area contributed by atoms with Crippen LogP contribution in [0, 0.1) is 5.41 Å². The first-order chi connectivity index (χ1) is 10.9. The van der Waals surface area contributed by atoms with Crippen molar-refractivity contribution in [1.82, 2.24) is 4.90 Å². The Bertz CT molecular complexity index is 596. The van der Waals surface area contributed by atoms with Gasteiger partial charge in [-0.25, -0.2) is 0 Å². The smallest absolute Gasteiger partial charge is 0.318 e. The average Bonchev–Trinajstić information content (AvgIpc) is 2.80. The summed E-state index contributed by atoms with van der Waals surface area (Å²) in [7, 11) is 0. The van der Waals surface area contributed by atoms with Gasteiger partial charge in [0.25, 0.3) is 5.91 Å². The predicted octanol–water partition coefficient (Wildman–Crippen LogP) is 3.50. The third-order valence-corrected chi connectivity index (χ3v) is 4.60. The molecule has 1 aliphatic rings. The molecule has 0 aromatic heterocycles. The minimum Gasteiger partial charge on any atom is -0.465 e. The van der Waals surface area contributed by atoms with E-state index < -0.39 is 5.41 Å². The summed E-state index contributed by atoms with van der Waals surface area (Å²) < 4.78 is 5.34. The van der Waals surface area contributed by atoms with Crippen LogP contribution in [0.5, 0.6) is 0 Å². The monoisotopic (exact) mass is 315 g/mol. The van der Waals surface area contributed by atoms with E-state index >= 15 is 0 Å². The number of rotatable bonds is 6. The summed E-state index contributed by atoms with van der Waals surface area (Å²) in [5, 5.41) is 0. The Kier molecular flexibility index (Phi) is 5.24. The van der Waals surface area contributed by atoms with Crippen molar-refractivity contribution < 1.29 is 14.3 Å². The largest absolute Gasteiger partial charge is 0.465 e. The van der Waals surface area contributed by atoms with Crippen LogP contribution < -0.4 is 0 Å². The molecule has 124 valence electrons. The number of benzene rings is 1. The Labute approximate surface area is 138 Å². The number of unbranched alkanes of at least 4 members (excludes halogenated alkanes) is 1. The van der Waals surface area contributed by atoms with E-state index in [-0.39, 0.29) is 17.9 Å². The number of hydrogen-bond donors (Lipinski definition) is 0. The van der Waals surface area contributed by atoms with Crippen LogP contribution in [0.3, 0.4) is 0 Å². The molecule has 2 rings (SSSR count). The van der Waals surface area contributed by atoms with Crippen molar-refractivity contribution in [3.8, 4) is 0 Å². The van der Waals surface area contributed by atoms with Crippen LogP contribution in [-0.4, -0.2) is 29.9 Å². The standard InChI is InChI=1S/C19H25NO3/c1-5-6-12-23-18(22)19(4)13-20(17(21)14(19)2)15(3)16-10-8-7-9-11-16/h7-11,15H,2,5-6,12-13H2,1,3-4H3/t15-,19-/m1/s1. The lowest BCUT2D eigenvalue weighted by Crippen LogP contribution is -2.35. The van der Waals surface area contributed by atoms with Crippen molar-refractivity contribution in [3.63, 3.8) is 0 Å². The second kappa shape index (κ2) is 6.99. The molecule has 0 saturated carbocycles. The average molecular weight is 315 g/mol. The summed E-state index contributed by atoms with van der Waals surface area (Å²) in [4.78, 5) is 26.7. The van der Waals surface area contributed by atoms with Gasteiger partial charge in [0.1, 0.15) is 5.41 Å². The van der Waals surface area contributed by atoms with Crippen molar-refractivity contribution >= 4 is 11.9 Å². The van der Waals surface area contributed by atoms with Crippen LogP contribution in [0.4, 0.5) is 0 Å². The maximum atomic E-state index is 12.6. The predicted molar refractivity (Wildman–Crippen MR) is 89.7 cm³/mol. The van der Waals surface area contributed by atoms with E-state index in [0.29, 0.717) is 18.7 Å². The Morgan fingerprint density at radius 3 is 2.65 bits per heavy atom. The van der Waals surface area contributed by atoms with E-state index in [4.69, 9.17) is 4.74 Å². The topological polar surface area (TPSA) is 46.6 Å². The molecule has 1 fully saturated rings. The first kappa shape index (κ1) is 17.3. The number of hydrogen-bond acceptors (Lipinski definition) is 3. The number of likely N-dealkylation sites (tertiary alicyclic amines) is 1. The number of ether oxygens (including phenoxy) is 1. The highest BCUT2D eigenvalue weighted by Crippen LogP contribution is 2.40. The van der Waals surface area contributed by atoms with E-state index in [1.54, 1.807) is 11.8 Å². The SMILES string of the molecule is C=C1C(=O)N([C@H](C)c2ccccc2)C[C@@]1(C)C(=O)OCCCC. The molecule has 1 aromatic rings. The molecule has 1 amide bonds. The molecule has 1 aliphatic heterocycles. The number of carbonyl (C=O) groups excluding carboxylic acids is 2. The van der Waals surface area contributed by atoms with Gasteiger partial charge in [0.2, 0.25) is 0 Å². The molecule has 2 atom stereocenters. The molecular weight excluding hydrogens is 290 g/mol. The maximum Gasteiger partial charge on any atom is 0.318 e. The number of carbonyl (C=O) groups is 2. The molecule has 1 heterocycles. The second-order valence-corrected chi connectivity index (χ2v) is 6.32. The fourth-order valence-corrected chi connectivity index (χ4v) is 2.80. The molecule has 1 aromatic carbocycles. The second-order valence-electron chi connectivity index (χ2n) is 6.32. The van der Waals surface area contributed by atoms with Gasteiger partial charge in [0.15, 0.2) is 0 Å². The van der Waals surface area contributed by atoms with E-state index in [9.17, 15) is 9.59 Å². The van der Waals surface area contributed by atoms with E-state index in [0.717, 1.165) is 18.4 Å². The first-order valence-corrected chi connectivity index (χ1v) is 8.14. The van der Waals surface area contributed by atoms with Gasteiger partial charge in [0, 0.05) is 12.1 Å². The summed E-state index contributed by atoms with van der Waals surface area (Å²) in [6, 6.07) is 9.69. The lowest BCUT2D eigenvalue weighted by Gasteiger charge is -2.27. The minimum absolute atomic E-state index is 0.106. The van der Waals surface area contributed by atoms with E-state index in [2.05, 4.69) is 6.58 Å². The van der Waals surface area contributed by atoms with Crippen LogP contribution in [0.2, 0.25) is 0 Å². The third-order valence-electron chi connectivity index (χ3n) is 4.60. The Balaban J connectivity index is 2.16. The molecular formula is C19H25NO3. The fourth-order valence-electron chi connectivity index (χ4n) is 2.80. The molecule has 1 saturated heterocycles. The Morgan fingerprint density at radius 2 is 2.04 bits per heavy atom. The first-order valence-electron chi connectivity index (χ1n) is 8.14. The van der Waals surface area contributed by atoms with Gasteiger partial charge in [0.05, 0.1) is 12.6 Å². The molecule has 0 aliphatic carbocycles. The van der Waals surface area contributed by atoms with Gasteiger partial charge in [-0.1, -0.05) is 50.3 Å². The van der Waals surface area contributed by atoms with Crippen LogP contribution >= 0.6 is 0 Å². The third kappa shape index (κ3) is 3.31. The molecule has 4 nitrogen and oxygen atoms in total. The Hall–Kier alpha value is -2.10. The molecule has 4 heteroatoms. The van der Waals surface area contributed by atoms with Gasteiger partial charge in [-0.3, -0.25) is 9.59 Å². The number of esters is 1. The molecule has 0 N–H and O–H groups in total. The van der Waals surface area contributed by atoms with Crippen LogP contribution in [0.25, 0.3) is 0 Å². The van der Waals surface area contributed by atoms with E-state index in [1.807, 2.05) is 44.2 Å². The summed E-state index contributed by atoms with van der Waals surface area (Å²) >= 11 is 0. The summed E-state index contributed by atoms with van der Waals surface area (Å²) in [5.74, 6) is -0.525. The van der Waals surface area contributed by atoms with Gasteiger partial charge in [-0.2, -0.15) is 0 Å². The van der Waals surface area contributed by atoms with E-state index in [1.165, 1.54) is 0 Å². The van der Waals surface area contributed by atoms with Crippen molar-refractivity contribution in [2.45, 2.75) is 39.7 Å². The number of amides is 1. The quantitative estimate of drug-likeness (QED) is 0.458. The summed E-state index contributed by atoms with van der Waals surface area (Å²) in [6.07, 6.45) is 1.79. The zero-order chi connectivity index (χ0) is 17.0. The van der Waals surface area contributed by atoms with Crippen molar-refractivity contribution in [2.24, 2.45) is 5.41 Å². The lowest BCUT2D eigenvalue weighted by molar-refractivity contribution is -0.152. The minimum atomic E-state index is -0.964. The molecule has 0 bridgehead atoms. The molecule has 0 radical (unpaired) electrons. The summed E-state index contributed by atoms with van der Waals surface area (Å²) in [5.41, 5.74) is 0.396. The zero-order valence-corrected chi connectivity index (χ0v) is 14.2. The van der Waals surface area contributed by atoms with Crippen molar-refractivity contribution in [2.75, 3.05) is 13.2 Å². The number of nitrogens with zero attached hydrogens (tertiary/aromatic N) is 1. The highest BCUT2D eigenvalue weighted by Gasteiger charge is 2.51. The zero-order valence-electron chi connectivity index (χ0n) is 14.2. The normalized spacial score (nSPS) is 22.3. The van der Waals surface area contributed by atoms with Gasteiger partial charge in [-0.05, 0) is 25.8 Å². The van der Waals surface area contributed by atoms with Crippen LogP contribution in [-0.2, 0) is 14.3 Å². The van der Waals surface area contributed by atoms with Gasteiger partial charge >= 0.3 is 5.97 Å². The van der Waals surface area contributed by atoms with Crippen LogP contribution in [0.15, 0.2) is 42.5 Å². The van der Waals surface area contributed by atoms with Crippen molar-refractivity contribution in [1.29, 1.82) is 0 Å². The lowest BCUT2D eigenvalue weighted by atomic mass is 9.86. The molecule has 0 spiro atoms. The Morgan fingerprint density at radius 1 is 1.39 bits per heavy atom. The highest BCUT2D eigenvalue weighted by atomic mass is 16.5. The maximum absolute atomic E-state index is 12.6. The molecule has 0 unspecified atom stereocenters. The van der Waals surface area contributed by atoms with Crippen molar-refractivity contribution in [3.05, 3.63) is 48.0 Å². The van der Waals surface area contributed by atoms with Crippen LogP contribution in [0.1, 0.15) is 45.2 Å². The fraction of sp³-hybridized carbons (Fsp3) is 0.474. The van der Waals surface area contributed by atoms with Gasteiger partial charge in [-0.15, -0.1) is 0 Å². The summed E-state index contributed by atoms with van der Waals surface area (Å²) in [6.45, 7) is 10.3.